The quantitative estimate of drug-likeness (QED) is 0.438. The summed E-state index contributed by atoms with van der Waals surface area (Å²) in [7, 11) is 2.19. The molecule has 162 valence electrons. The van der Waals surface area contributed by atoms with Crippen LogP contribution in [0.2, 0.25) is 0 Å². The highest BCUT2D eigenvalue weighted by Crippen LogP contribution is 2.50. The predicted octanol–water partition coefficient (Wildman–Crippen LogP) is 6.08. The molecule has 0 amide bonds. The number of hydrazone groups is 1. The van der Waals surface area contributed by atoms with Crippen LogP contribution >= 0.6 is 15.9 Å². The summed E-state index contributed by atoms with van der Waals surface area (Å²) in [5, 5.41) is 7.49. The smallest absolute Gasteiger partial charge is 0.200 e. The lowest BCUT2D eigenvalue weighted by Crippen LogP contribution is -2.58. The van der Waals surface area contributed by atoms with Crippen molar-refractivity contribution in [2.75, 3.05) is 20.1 Å². The maximum absolute atomic E-state index is 6.71. The Labute approximate surface area is 197 Å². The summed E-state index contributed by atoms with van der Waals surface area (Å²) >= 11 is 3.65. The summed E-state index contributed by atoms with van der Waals surface area (Å²) in [6.45, 7) is 2.04. The number of ether oxygens (including phenoxy) is 1. The first kappa shape index (κ1) is 20.0. The van der Waals surface area contributed by atoms with Crippen LogP contribution in [-0.2, 0) is 0 Å². The molecule has 1 spiro atoms. The normalized spacial score (nSPS) is 21.6. The van der Waals surface area contributed by atoms with Crippen molar-refractivity contribution in [3.05, 3.63) is 88.4 Å². The number of rotatable bonds is 2. The largest absolute Gasteiger partial charge is 0.466 e. The van der Waals surface area contributed by atoms with Crippen LogP contribution in [0.15, 0.2) is 82.4 Å². The Morgan fingerprint density at radius 1 is 0.906 bits per heavy atom. The van der Waals surface area contributed by atoms with E-state index in [0.29, 0.717) is 0 Å². The molecule has 3 aromatic carbocycles. The van der Waals surface area contributed by atoms with E-state index in [-0.39, 0.29) is 11.8 Å². The average molecular weight is 488 g/mol. The molecule has 32 heavy (non-hydrogen) atoms. The van der Waals surface area contributed by atoms with Crippen LogP contribution < -0.4 is 4.74 Å². The molecule has 6 rings (SSSR count). The van der Waals surface area contributed by atoms with E-state index < -0.39 is 0 Å². The average Bonchev–Trinajstić information content (AvgIpc) is 3.29. The fraction of sp³-hybridized carbons (Fsp3) is 0.296. The van der Waals surface area contributed by atoms with Crippen molar-refractivity contribution in [3.8, 4) is 16.9 Å². The van der Waals surface area contributed by atoms with E-state index in [1.165, 1.54) is 22.3 Å². The summed E-state index contributed by atoms with van der Waals surface area (Å²) < 4.78 is 7.79. The molecule has 0 aliphatic carbocycles. The fourth-order valence-corrected chi connectivity index (χ4v) is 5.59. The minimum Gasteiger partial charge on any atom is -0.466 e. The molecule has 1 atom stereocenters. The second kappa shape index (κ2) is 7.75. The zero-order valence-electron chi connectivity index (χ0n) is 18.2. The molecule has 0 unspecified atom stereocenters. The van der Waals surface area contributed by atoms with Crippen LogP contribution in [0, 0.1) is 0 Å². The van der Waals surface area contributed by atoms with E-state index in [0.717, 1.165) is 48.3 Å². The van der Waals surface area contributed by atoms with Crippen LogP contribution in [0.3, 0.4) is 0 Å². The first-order chi connectivity index (χ1) is 15.6. The van der Waals surface area contributed by atoms with Crippen molar-refractivity contribution in [2.24, 2.45) is 5.10 Å². The highest BCUT2D eigenvalue weighted by molar-refractivity contribution is 9.10. The van der Waals surface area contributed by atoms with Crippen molar-refractivity contribution < 1.29 is 4.74 Å². The van der Waals surface area contributed by atoms with Gasteiger partial charge in [0.25, 0.3) is 0 Å². The Kier molecular flexibility index (Phi) is 4.85. The summed E-state index contributed by atoms with van der Waals surface area (Å²) in [6.07, 6.45) is 2.81. The van der Waals surface area contributed by atoms with Crippen molar-refractivity contribution in [1.29, 1.82) is 0 Å². The van der Waals surface area contributed by atoms with Gasteiger partial charge in [0.05, 0.1) is 11.8 Å². The van der Waals surface area contributed by atoms with Gasteiger partial charge in [-0.1, -0.05) is 70.5 Å². The molecule has 3 aliphatic heterocycles. The van der Waals surface area contributed by atoms with Crippen molar-refractivity contribution >= 4 is 21.6 Å². The molecule has 3 aliphatic rings. The maximum atomic E-state index is 6.71. The highest BCUT2D eigenvalue weighted by Gasteiger charge is 2.51. The first-order valence-corrected chi connectivity index (χ1v) is 12.1. The van der Waals surface area contributed by atoms with Crippen LogP contribution in [0.5, 0.6) is 5.75 Å². The Balaban J connectivity index is 1.36. The van der Waals surface area contributed by atoms with E-state index in [1.807, 2.05) is 0 Å². The third-order valence-corrected chi connectivity index (χ3v) is 7.55. The van der Waals surface area contributed by atoms with Gasteiger partial charge in [-0.2, -0.15) is 5.10 Å². The Morgan fingerprint density at radius 2 is 1.59 bits per heavy atom. The topological polar surface area (TPSA) is 28.1 Å². The van der Waals surface area contributed by atoms with Crippen molar-refractivity contribution in [2.45, 2.75) is 31.0 Å². The lowest BCUT2D eigenvalue weighted by Gasteiger charge is -2.50. The third-order valence-electron chi connectivity index (χ3n) is 7.05. The number of likely N-dealkylation sites (tertiary alicyclic amines) is 1. The van der Waals surface area contributed by atoms with Gasteiger partial charge in [0.2, 0.25) is 5.72 Å². The second-order valence-corrected chi connectivity index (χ2v) is 10.0. The Hall–Kier alpha value is -2.63. The minimum atomic E-state index is -0.357. The van der Waals surface area contributed by atoms with E-state index in [9.17, 15) is 0 Å². The maximum Gasteiger partial charge on any atom is 0.200 e. The fourth-order valence-electron chi connectivity index (χ4n) is 5.21. The van der Waals surface area contributed by atoms with Gasteiger partial charge in [-0.15, -0.1) is 0 Å². The molecule has 0 aromatic heterocycles. The van der Waals surface area contributed by atoms with Crippen LogP contribution in [0.4, 0.5) is 0 Å². The van der Waals surface area contributed by atoms with Gasteiger partial charge in [0, 0.05) is 42.4 Å². The number of piperidine rings is 1. The van der Waals surface area contributed by atoms with Gasteiger partial charge in [0.15, 0.2) is 0 Å². The lowest BCUT2D eigenvalue weighted by atomic mass is 9.90. The number of hydrogen-bond donors (Lipinski definition) is 0. The summed E-state index contributed by atoms with van der Waals surface area (Å²) in [4.78, 5) is 2.38. The van der Waals surface area contributed by atoms with Gasteiger partial charge in [-0.3, -0.25) is 0 Å². The molecule has 0 bridgehead atoms. The number of fused-ring (bicyclic) bond motifs is 4. The third kappa shape index (κ3) is 3.35. The van der Waals surface area contributed by atoms with Gasteiger partial charge in [0.1, 0.15) is 5.75 Å². The molecule has 0 saturated carbocycles. The highest BCUT2D eigenvalue weighted by atomic mass is 79.9. The van der Waals surface area contributed by atoms with E-state index >= 15 is 0 Å². The minimum absolute atomic E-state index is 0.212. The van der Waals surface area contributed by atoms with Crippen molar-refractivity contribution in [1.82, 2.24) is 9.91 Å². The zero-order valence-corrected chi connectivity index (χ0v) is 19.8. The molecular weight excluding hydrogens is 462 g/mol. The van der Waals surface area contributed by atoms with Crippen LogP contribution in [0.25, 0.3) is 11.1 Å². The van der Waals surface area contributed by atoms with E-state index in [4.69, 9.17) is 9.84 Å². The van der Waals surface area contributed by atoms with Gasteiger partial charge in [-0.25, -0.2) is 5.01 Å². The molecule has 1 fully saturated rings. The van der Waals surface area contributed by atoms with Gasteiger partial charge < -0.3 is 9.64 Å². The van der Waals surface area contributed by atoms with Crippen LogP contribution in [-0.4, -0.2) is 41.5 Å². The Morgan fingerprint density at radius 3 is 2.34 bits per heavy atom. The predicted molar refractivity (Wildman–Crippen MR) is 132 cm³/mol. The molecule has 5 heteroatoms. The summed E-state index contributed by atoms with van der Waals surface area (Å²) in [6, 6.07) is 26.0. The molecule has 3 heterocycles. The molecule has 4 nitrogen and oxygen atoms in total. The van der Waals surface area contributed by atoms with E-state index in [2.05, 4.69) is 106 Å². The van der Waals surface area contributed by atoms with Gasteiger partial charge in [-0.05, 0) is 41.9 Å². The van der Waals surface area contributed by atoms with Crippen LogP contribution in [0.1, 0.15) is 36.4 Å². The SMILES string of the molecule is CN1CCC2(CC1)Oc1ccc(Br)cc1[C@H]1CC(c3ccc(-c4ccccc4)cc3)=NN12. The van der Waals surface area contributed by atoms with E-state index in [1.54, 1.807) is 0 Å². The lowest BCUT2D eigenvalue weighted by molar-refractivity contribution is -0.147. The second-order valence-electron chi connectivity index (χ2n) is 9.09. The number of hydrogen-bond acceptors (Lipinski definition) is 4. The summed E-state index contributed by atoms with van der Waals surface area (Å²) in [5.41, 5.74) is 5.67. The standard InChI is InChI=1S/C27H26BrN3O/c1-30-15-13-27(14-16-30)31-25(23-17-22(28)11-12-26(23)32-27)18-24(29-31)21-9-7-20(8-10-21)19-5-3-2-4-6-19/h2-12,17,25H,13-16,18H2,1H3/t25-/m1/s1. The molecular formula is C27H26BrN3O. The molecule has 0 N–H and O–H groups in total. The molecule has 0 radical (unpaired) electrons. The number of benzene rings is 3. The Bertz CT molecular complexity index is 1170. The number of nitrogens with zero attached hydrogens (tertiary/aromatic N) is 3. The molecule has 3 aromatic rings. The summed E-state index contributed by atoms with van der Waals surface area (Å²) in [5.74, 6) is 1.01. The zero-order chi connectivity index (χ0) is 21.7. The molecule has 1 saturated heterocycles. The first-order valence-electron chi connectivity index (χ1n) is 11.3. The number of halogens is 1. The van der Waals surface area contributed by atoms with Gasteiger partial charge >= 0.3 is 0 Å². The monoisotopic (exact) mass is 487 g/mol. The van der Waals surface area contributed by atoms with Crippen molar-refractivity contribution in [3.63, 3.8) is 0 Å².